The quantitative estimate of drug-likeness (QED) is 0.247. The number of carbonyl (C=O) groups excluding carboxylic acids is 1. The van der Waals surface area contributed by atoms with Crippen molar-refractivity contribution < 1.29 is 19.4 Å². The molecule has 1 aromatic heterocycles. The van der Waals surface area contributed by atoms with Gasteiger partial charge in [0.05, 0.1) is 17.6 Å². The molecule has 0 saturated heterocycles. The number of H-pyrrole nitrogens is 1. The second kappa shape index (κ2) is 11.0. The van der Waals surface area contributed by atoms with Crippen molar-refractivity contribution in [2.75, 3.05) is 13.2 Å². The van der Waals surface area contributed by atoms with Crippen LogP contribution >= 0.6 is 0 Å². The highest BCUT2D eigenvalue weighted by Crippen LogP contribution is 2.46. The van der Waals surface area contributed by atoms with Gasteiger partial charge in [0.1, 0.15) is 5.82 Å². The molecule has 1 amide bonds. The van der Waals surface area contributed by atoms with Gasteiger partial charge in [-0.1, -0.05) is 54.6 Å². The van der Waals surface area contributed by atoms with E-state index in [2.05, 4.69) is 57.7 Å². The van der Waals surface area contributed by atoms with E-state index in [0.29, 0.717) is 25.3 Å². The summed E-state index contributed by atoms with van der Waals surface area (Å²) in [6.45, 7) is 2.73. The van der Waals surface area contributed by atoms with E-state index in [9.17, 15) is 9.90 Å². The van der Waals surface area contributed by atoms with E-state index in [4.69, 9.17) is 9.47 Å². The number of allylic oxidation sites excluding steroid dienone is 1. The molecule has 4 aromatic rings. The predicted molar refractivity (Wildman–Crippen MR) is 150 cm³/mol. The van der Waals surface area contributed by atoms with E-state index in [1.54, 1.807) is 0 Å². The Labute approximate surface area is 227 Å². The molecule has 3 aromatic carbocycles. The second-order valence-electron chi connectivity index (χ2n) is 10.1. The molecule has 2 heterocycles. The molecule has 3 N–H and O–H groups in total. The zero-order chi connectivity index (χ0) is 26.8. The van der Waals surface area contributed by atoms with Crippen molar-refractivity contribution in [1.82, 2.24) is 15.3 Å². The number of imidazole rings is 1. The molecule has 7 heteroatoms. The minimum Gasteiger partial charge on any atom is -0.459 e. The van der Waals surface area contributed by atoms with Crippen molar-refractivity contribution in [3.05, 3.63) is 101 Å². The van der Waals surface area contributed by atoms with Gasteiger partial charge >= 0.3 is 0 Å². The molecule has 1 aliphatic carbocycles. The number of para-hydroxylation sites is 2. The molecule has 6 rings (SSSR count). The maximum atomic E-state index is 13.4. The molecule has 7 nitrogen and oxygen atoms in total. The first-order valence-electron chi connectivity index (χ1n) is 13.7. The number of aliphatic hydroxyl groups excluding tert-OH is 1. The average molecular weight is 524 g/mol. The van der Waals surface area contributed by atoms with Crippen LogP contribution in [0.3, 0.4) is 0 Å². The van der Waals surface area contributed by atoms with Crippen LogP contribution in [-0.2, 0) is 27.2 Å². The lowest BCUT2D eigenvalue weighted by Crippen LogP contribution is -2.39. The number of nitrogens with zero attached hydrogens (tertiary/aromatic N) is 1. The SMILES string of the molecule is CCO[C@H]1OC(C(=O)NCc2nc3ccccc3[nH]2)=C[C@@H](c2cccc3c2Cc2ccccc2-3)[C@@H]1CCCO. The first-order chi connectivity index (χ1) is 19.2. The Morgan fingerprint density at radius 2 is 1.92 bits per heavy atom. The lowest BCUT2D eigenvalue weighted by atomic mass is 9.78. The summed E-state index contributed by atoms with van der Waals surface area (Å²) in [4.78, 5) is 21.2. The summed E-state index contributed by atoms with van der Waals surface area (Å²) in [5.74, 6) is 0.486. The summed E-state index contributed by atoms with van der Waals surface area (Å²) in [5.41, 5.74) is 8.08. The van der Waals surface area contributed by atoms with Crippen LogP contribution in [0.5, 0.6) is 0 Å². The van der Waals surface area contributed by atoms with Gasteiger partial charge < -0.3 is 24.9 Å². The molecule has 0 saturated carbocycles. The number of rotatable bonds is 9. The number of ether oxygens (including phenoxy) is 2. The molecule has 39 heavy (non-hydrogen) atoms. The van der Waals surface area contributed by atoms with Gasteiger partial charge in [0.2, 0.25) is 6.29 Å². The zero-order valence-corrected chi connectivity index (χ0v) is 22.0. The first-order valence-corrected chi connectivity index (χ1v) is 13.7. The van der Waals surface area contributed by atoms with Gasteiger partial charge in [-0.15, -0.1) is 0 Å². The maximum Gasteiger partial charge on any atom is 0.286 e. The molecule has 3 atom stereocenters. The van der Waals surface area contributed by atoms with Crippen LogP contribution < -0.4 is 5.32 Å². The minimum absolute atomic E-state index is 0.0424. The Hall–Kier alpha value is -3.94. The maximum absolute atomic E-state index is 13.4. The molecule has 0 bridgehead atoms. The van der Waals surface area contributed by atoms with E-state index >= 15 is 0 Å². The topological polar surface area (TPSA) is 96.5 Å². The molecular formula is C32H33N3O4. The molecule has 0 radical (unpaired) electrons. The first kappa shape index (κ1) is 25.3. The molecule has 0 spiro atoms. The molecule has 0 fully saturated rings. The monoisotopic (exact) mass is 523 g/mol. The zero-order valence-electron chi connectivity index (χ0n) is 22.0. The Bertz CT molecular complexity index is 1490. The van der Waals surface area contributed by atoms with Crippen LogP contribution in [0.1, 0.15) is 48.2 Å². The summed E-state index contributed by atoms with van der Waals surface area (Å²) >= 11 is 0. The fourth-order valence-electron chi connectivity index (χ4n) is 5.96. The van der Waals surface area contributed by atoms with Crippen molar-refractivity contribution in [1.29, 1.82) is 0 Å². The number of aliphatic hydroxyl groups is 1. The Morgan fingerprint density at radius 1 is 1.10 bits per heavy atom. The predicted octanol–water partition coefficient (Wildman–Crippen LogP) is 5.20. The molecule has 2 aliphatic rings. The number of hydrogen-bond donors (Lipinski definition) is 3. The largest absolute Gasteiger partial charge is 0.459 e. The van der Waals surface area contributed by atoms with Crippen molar-refractivity contribution in [2.45, 2.75) is 44.9 Å². The second-order valence-corrected chi connectivity index (χ2v) is 10.1. The van der Waals surface area contributed by atoms with Gasteiger partial charge in [-0.3, -0.25) is 4.79 Å². The number of nitrogens with one attached hydrogen (secondary N) is 2. The van der Waals surface area contributed by atoms with Gasteiger partial charge in [0.15, 0.2) is 5.76 Å². The third kappa shape index (κ3) is 4.95. The number of carbonyl (C=O) groups is 1. The highest BCUT2D eigenvalue weighted by atomic mass is 16.7. The van der Waals surface area contributed by atoms with E-state index < -0.39 is 6.29 Å². The normalized spacial score (nSPS) is 19.7. The summed E-state index contributed by atoms with van der Waals surface area (Å²) in [6, 6.07) is 22.7. The summed E-state index contributed by atoms with van der Waals surface area (Å²) in [7, 11) is 0. The van der Waals surface area contributed by atoms with Crippen molar-refractivity contribution >= 4 is 16.9 Å². The van der Waals surface area contributed by atoms with Crippen LogP contribution in [0.4, 0.5) is 0 Å². The summed E-state index contributed by atoms with van der Waals surface area (Å²) in [6.07, 6.45) is 3.55. The van der Waals surface area contributed by atoms with Gasteiger partial charge in [0.25, 0.3) is 5.91 Å². The van der Waals surface area contributed by atoms with Gasteiger partial charge in [-0.25, -0.2) is 4.98 Å². The number of amides is 1. The molecular weight excluding hydrogens is 490 g/mol. The molecule has 200 valence electrons. The number of aromatic nitrogens is 2. The van der Waals surface area contributed by atoms with E-state index in [1.807, 2.05) is 37.3 Å². The highest BCUT2D eigenvalue weighted by molar-refractivity contribution is 5.92. The lowest BCUT2D eigenvalue weighted by molar-refractivity contribution is -0.166. The lowest BCUT2D eigenvalue weighted by Gasteiger charge is -2.37. The minimum atomic E-state index is -0.594. The van der Waals surface area contributed by atoms with Crippen molar-refractivity contribution in [3.8, 4) is 11.1 Å². The van der Waals surface area contributed by atoms with E-state index in [-0.39, 0.29) is 36.7 Å². The number of fused-ring (bicyclic) bond motifs is 4. The Kier molecular flexibility index (Phi) is 7.18. The van der Waals surface area contributed by atoms with Crippen molar-refractivity contribution in [3.63, 3.8) is 0 Å². The Balaban J connectivity index is 1.32. The number of hydrogen-bond acceptors (Lipinski definition) is 5. The summed E-state index contributed by atoms with van der Waals surface area (Å²) in [5, 5.41) is 12.6. The van der Waals surface area contributed by atoms with Crippen LogP contribution in [0.15, 0.2) is 78.6 Å². The smallest absolute Gasteiger partial charge is 0.286 e. The fourth-order valence-corrected chi connectivity index (χ4v) is 5.96. The van der Waals surface area contributed by atoms with Crippen LogP contribution in [0.2, 0.25) is 0 Å². The van der Waals surface area contributed by atoms with Crippen LogP contribution in [0.25, 0.3) is 22.2 Å². The number of aromatic amines is 1. The number of benzene rings is 3. The van der Waals surface area contributed by atoms with Crippen LogP contribution in [-0.4, -0.2) is 40.5 Å². The highest BCUT2D eigenvalue weighted by Gasteiger charge is 2.39. The van der Waals surface area contributed by atoms with Gasteiger partial charge in [0, 0.05) is 25.0 Å². The third-order valence-corrected chi connectivity index (χ3v) is 7.74. The van der Waals surface area contributed by atoms with E-state index in [1.165, 1.54) is 27.8 Å². The van der Waals surface area contributed by atoms with Crippen molar-refractivity contribution in [2.24, 2.45) is 5.92 Å². The summed E-state index contributed by atoms with van der Waals surface area (Å²) < 4.78 is 12.3. The standard InChI is InChI=1S/C32H33N3O4/c1-2-38-32-24(13-8-16-36)26(23-12-7-11-22-21-10-4-3-9-20(21)17-25(22)23)18-29(39-32)31(37)33-19-30-34-27-14-5-6-15-28(27)35-30/h3-7,9-12,14-15,18,24,26,32,36H,2,8,13,16-17,19H2,1H3,(H,33,37)(H,34,35)/t24-,26-,32-/m0/s1. The fraction of sp³-hybridized carbons (Fsp3) is 0.312. The van der Waals surface area contributed by atoms with Gasteiger partial charge in [-0.2, -0.15) is 0 Å². The van der Waals surface area contributed by atoms with Crippen LogP contribution in [0, 0.1) is 5.92 Å². The van der Waals surface area contributed by atoms with E-state index in [0.717, 1.165) is 17.5 Å². The molecule has 1 aliphatic heterocycles. The Morgan fingerprint density at radius 3 is 2.77 bits per heavy atom. The average Bonchev–Trinajstić information content (AvgIpc) is 3.56. The molecule has 0 unspecified atom stereocenters. The third-order valence-electron chi connectivity index (χ3n) is 7.74. The van der Waals surface area contributed by atoms with Gasteiger partial charge in [-0.05, 0) is 72.2 Å².